The molecule has 3 heteroatoms. The molecule has 0 saturated carbocycles. The maximum Gasteiger partial charge on any atom is 0.120 e. The van der Waals surface area contributed by atoms with Crippen LogP contribution in [0.3, 0.4) is 0 Å². The summed E-state index contributed by atoms with van der Waals surface area (Å²) in [6, 6.07) is 17.6. The average Bonchev–Trinajstić information content (AvgIpc) is 2.53. The van der Waals surface area contributed by atoms with Crippen molar-refractivity contribution in [3.63, 3.8) is 0 Å². The highest BCUT2D eigenvalue weighted by atomic mass is 16.5. The predicted molar refractivity (Wildman–Crippen MR) is 78.4 cm³/mol. The van der Waals surface area contributed by atoms with Crippen LogP contribution in [0.1, 0.15) is 11.1 Å². The van der Waals surface area contributed by atoms with Gasteiger partial charge in [-0.2, -0.15) is 0 Å². The van der Waals surface area contributed by atoms with Gasteiger partial charge in [-0.3, -0.25) is 4.98 Å². The van der Waals surface area contributed by atoms with Gasteiger partial charge >= 0.3 is 0 Å². The maximum atomic E-state index is 9.10. The molecule has 0 aliphatic heterocycles. The van der Waals surface area contributed by atoms with Crippen LogP contribution in [0.4, 0.5) is 0 Å². The minimum atomic E-state index is 0.0266. The van der Waals surface area contributed by atoms with Crippen molar-refractivity contribution in [3.8, 4) is 5.75 Å². The van der Waals surface area contributed by atoms with Crippen molar-refractivity contribution in [2.45, 2.75) is 13.2 Å². The summed E-state index contributed by atoms with van der Waals surface area (Å²) in [6.07, 6.45) is 1.79. The number of pyridine rings is 1. The van der Waals surface area contributed by atoms with Crippen LogP contribution in [0.2, 0.25) is 0 Å². The first-order valence-electron chi connectivity index (χ1n) is 6.51. The number of nitrogens with zero attached hydrogens (tertiary/aromatic N) is 1. The van der Waals surface area contributed by atoms with Gasteiger partial charge in [0.1, 0.15) is 12.4 Å². The van der Waals surface area contributed by atoms with E-state index in [2.05, 4.69) is 11.1 Å². The Balaban J connectivity index is 1.76. The largest absolute Gasteiger partial charge is 0.489 e. The van der Waals surface area contributed by atoms with Crippen LogP contribution in [0.25, 0.3) is 10.9 Å². The number of aromatic nitrogens is 1. The molecule has 3 nitrogen and oxygen atoms in total. The quantitative estimate of drug-likeness (QED) is 0.787. The van der Waals surface area contributed by atoms with E-state index in [0.717, 1.165) is 27.8 Å². The van der Waals surface area contributed by atoms with Crippen molar-refractivity contribution >= 4 is 10.9 Å². The summed E-state index contributed by atoms with van der Waals surface area (Å²) in [6.45, 7) is 0.526. The Morgan fingerprint density at radius 1 is 0.950 bits per heavy atom. The third kappa shape index (κ3) is 2.78. The van der Waals surface area contributed by atoms with E-state index in [1.165, 1.54) is 0 Å². The number of hydrogen-bond acceptors (Lipinski definition) is 3. The second kappa shape index (κ2) is 5.72. The topological polar surface area (TPSA) is 42.4 Å². The smallest absolute Gasteiger partial charge is 0.120 e. The third-order valence-electron chi connectivity index (χ3n) is 3.15. The number of fused-ring (bicyclic) bond motifs is 1. The molecule has 0 aliphatic rings. The van der Waals surface area contributed by atoms with Crippen molar-refractivity contribution < 1.29 is 9.84 Å². The monoisotopic (exact) mass is 265 g/mol. The van der Waals surface area contributed by atoms with Gasteiger partial charge in [0, 0.05) is 11.6 Å². The molecule has 20 heavy (non-hydrogen) atoms. The van der Waals surface area contributed by atoms with Gasteiger partial charge in [-0.25, -0.2) is 0 Å². The van der Waals surface area contributed by atoms with Gasteiger partial charge in [-0.05, 0) is 41.5 Å². The van der Waals surface area contributed by atoms with Gasteiger partial charge < -0.3 is 9.84 Å². The Bertz CT molecular complexity index is 725. The second-order valence-corrected chi connectivity index (χ2v) is 4.62. The number of benzene rings is 2. The Hall–Kier alpha value is -2.39. The van der Waals surface area contributed by atoms with Gasteiger partial charge in [-0.15, -0.1) is 0 Å². The normalized spacial score (nSPS) is 10.7. The number of aliphatic hydroxyl groups is 1. The molecular weight excluding hydrogens is 250 g/mol. The lowest BCUT2D eigenvalue weighted by molar-refractivity contribution is 0.278. The number of aliphatic hydroxyl groups excluding tert-OH is 1. The maximum absolute atomic E-state index is 9.10. The molecule has 0 bridgehead atoms. The van der Waals surface area contributed by atoms with Crippen molar-refractivity contribution in [2.24, 2.45) is 0 Å². The summed E-state index contributed by atoms with van der Waals surface area (Å²) < 4.78 is 5.75. The molecule has 2 aromatic carbocycles. The number of hydrogen-bond donors (Lipinski definition) is 1. The van der Waals surface area contributed by atoms with Crippen LogP contribution >= 0.6 is 0 Å². The van der Waals surface area contributed by atoms with Gasteiger partial charge in [0.05, 0.1) is 12.1 Å². The lowest BCUT2D eigenvalue weighted by Crippen LogP contribution is -1.96. The lowest BCUT2D eigenvalue weighted by Gasteiger charge is -2.08. The summed E-state index contributed by atoms with van der Waals surface area (Å²) in [5.74, 6) is 0.767. The van der Waals surface area contributed by atoms with Crippen molar-refractivity contribution in [3.05, 3.63) is 71.9 Å². The molecule has 0 unspecified atom stereocenters. The molecule has 1 aromatic heterocycles. The van der Waals surface area contributed by atoms with E-state index in [0.29, 0.717) is 6.61 Å². The van der Waals surface area contributed by atoms with E-state index in [4.69, 9.17) is 9.84 Å². The fourth-order valence-corrected chi connectivity index (χ4v) is 2.12. The number of ether oxygens (including phenoxy) is 1. The van der Waals surface area contributed by atoms with Gasteiger partial charge in [-0.1, -0.05) is 24.3 Å². The van der Waals surface area contributed by atoms with Crippen molar-refractivity contribution in [1.82, 2.24) is 4.98 Å². The standard InChI is InChI=1S/C17H15NO2/c19-11-13-3-1-5-16(10-13)20-12-14-6-7-17-15(9-14)4-2-8-18-17/h1-10,19H,11-12H2. The first-order chi connectivity index (χ1) is 9.85. The predicted octanol–water partition coefficient (Wildman–Crippen LogP) is 3.31. The van der Waals surface area contributed by atoms with Crippen LogP contribution < -0.4 is 4.74 Å². The molecule has 3 aromatic rings. The highest BCUT2D eigenvalue weighted by Crippen LogP contribution is 2.17. The Morgan fingerprint density at radius 3 is 2.80 bits per heavy atom. The molecule has 0 radical (unpaired) electrons. The van der Waals surface area contributed by atoms with E-state index in [1.807, 2.05) is 48.5 Å². The molecule has 1 heterocycles. The Labute approximate surface area is 117 Å². The fourth-order valence-electron chi connectivity index (χ4n) is 2.12. The Morgan fingerprint density at radius 2 is 1.90 bits per heavy atom. The summed E-state index contributed by atoms with van der Waals surface area (Å²) in [7, 11) is 0. The molecule has 0 aliphatic carbocycles. The van der Waals surface area contributed by atoms with Crippen LogP contribution in [0, 0.1) is 0 Å². The van der Waals surface area contributed by atoms with E-state index >= 15 is 0 Å². The van der Waals surface area contributed by atoms with Crippen LogP contribution in [-0.4, -0.2) is 10.1 Å². The van der Waals surface area contributed by atoms with Crippen LogP contribution in [-0.2, 0) is 13.2 Å². The minimum absolute atomic E-state index is 0.0266. The first-order valence-corrected chi connectivity index (χ1v) is 6.51. The van der Waals surface area contributed by atoms with Gasteiger partial charge in [0.2, 0.25) is 0 Å². The highest BCUT2D eigenvalue weighted by Gasteiger charge is 2.00. The van der Waals surface area contributed by atoms with E-state index in [9.17, 15) is 0 Å². The molecule has 0 spiro atoms. The highest BCUT2D eigenvalue weighted by molar-refractivity contribution is 5.78. The van der Waals surface area contributed by atoms with Crippen LogP contribution in [0.15, 0.2) is 60.8 Å². The number of rotatable bonds is 4. The first kappa shape index (κ1) is 12.6. The van der Waals surface area contributed by atoms with Gasteiger partial charge in [0.15, 0.2) is 0 Å². The summed E-state index contributed by atoms with van der Waals surface area (Å²) >= 11 is 0. The minimum Gasteiger partial charge on any atom is -0.489 e. The molecule has 3 rings (SSSR count). The summed E-state index contributed by atoms with van der Waals surface area (Å²) in [5.41, 5.74) is 2.93. The lowest BCUT2D eigenvalue weighted by atomic mass is 10.1. The molecule has 0 fully saturated rings. The van der Waals surface area contributed by atoms with Gasteiger partial charge in [0.25, 0.3) is 0 Å². The third-order valence-corrected chi connectivity index (χ3v) is 3.15. The fraction of sp³-hybridized carbons (Fsp3) is 0.118. The summed E-state index contributed by atoms with van der Waals surface area (Å²) in [4.78, 5) is 4.29. The molecule has 0 amide bonds. The Kier molecular flexibility index (Phi) is 3.61. The zero-order valence-corrected chi connectivity index (χ0v) is 11.0. The SMILES string of the molecule is OCc1cccc(OCc2ccc3ncccc3c2)c1. The van der Waals surface area contributed by atoms with Crippen molar-refractivity contribution in [2.75, 3.05) is 0 Å². The van der Waals surface area contributed by atoms with E-state index < -0.39 is 0 Å². The molecular formula is C17H15NO2. The molecule has 100 valence electrons. The average molecular weight is 265 g/mol. The molecule has 1 N–H and O–H groups in total. The summed E-state index contributed by atoms with van der Waals surface area (Å²) in [5, 5.41) is 10.2. The second-order valence-electron chi connectivity index (χ2n) is 4.62. The zero-order valence-electron chi connectivity index (χ0n) is 11.0. The zero-order chi connectivity index (χ0) is 13.8. The molecule has 0 saturated heterocycles. The van der Waals surface area contributed by atoms with Crippen LogP contribution in [0.5, 0.6) is 5.75 Å². The van der Waals surface area contributed by atoms with Crippen molar-refractivity contribution in [1.29, 1.82) is 0 Å². The molecule has 0 atom stereocenters. The van der Waals surface area contributed by atoms with E-state index in [-0.39, 0.29) is 6.61 Å². The van der Waals surface area contributed by atoms with E-state index in [1.54, 1.807) is 6.20 Å².